The molecule has 1 saturated heterocycles. The second-order valence-electron chi connectivity index (χ2n) is 8.95. The van der Waals surface area contributed by atoms with Crippen molar-refractivity contribution in [2.24, 2.45) is 0 Å². The molecule has 134 valence electrons. The Labute approximate surface area is 152 Å². The van der Waals surface area contributed by atoms with E-state index in [0.717, 1.165) is 24.9 Å². The van der Waals surface area contributed by atoms with Crippen molar-refractivity contribution in [3.05, 3.63) is 71.3 Å². The lowest BCUT2D eigenvalue weighted by Crippen LogP contribution is -2.64. The number of hydrogen-bond acceptors (Lipinski definition) is 2. The summed E-state index contributed by atoms with van der Waals surface area (Å²) in [7, 11) is 0. The van der Waals surface area contributed by atoms with Crippen LogP contribution in [0.2, 0.25) is 0 Å². The Morgan fingerprint density at radius 3 is 1.88 bits per heavy atom. The standard InChI is InChI=1S/C23H31NO/c1-18-11-13-20(14-12-18)23(25)16-21(2,3)24(22(4,5)17-23)15-19-9-7-6-8-10-19/h6-14,25H,15-17H2,1-5H3. The third-order valence-corrected chi connectivity index (χ3v) is 5.68. The lowest BCUT2D eigenvalue weighted by atomic mass is 9.68. The van der Waals surface area contributed by atoms with Crippen molar-refractivity contribution in [3.63, 3.8) is 0 Å². The van der Waals surface area contributed by atoms with Gasteiger partial charge < -0.3 is 5.11 Å². The van der Waals surface area contributed by atoms with Crippen molar-refractivity contribution < 1.29 is 5.11 Å². The molecule has 1 fully saturated rings. The van der Waals surface area contributed by atoms with Gasteiger partial charge in [0.15, 0.2) is 0 Å². The van der Waals surface area contributed by atoms with Gasteiger partial charge in [-0.3, -0.25) is 4.90 Å². The Bertz CT molecular complexity index is 698. The molecular formula is C23H31NO. The van der Waals surface area contributed by atoms with Crippen LogP contribution in [0, 0.1) is 6.92 Å². The van der Waals surface area contributed by atoms with E-state index in [2.05, 4.69) is 94.1 Å². The molecule has 1 N–H and O–H groups in total. The number of piperidine rings is 1. The van der Waals surface area contributed by atoms with Gasteiger partial charge in [0.1, 0.15) is 0 Å². The van der Waals surface area contributed by atoms with Crippen LogP contribution in [0.1, 0.15) is 57.2 Å². The number of aliphatic hydroxyl groups is 1. The number of hydrogen-bond donors (Lipinski definition) is 1. The zero-order valence-electron chi connectivity index (χ0n) is 16.2. The van der Waals surface area contributed by atoms with E-state index in [-0.39, 0.29) is 11.1 Å². The zero-order chi connectivity index (χ0) is 18.3. The highest BCUT2D eigenvalue weighted by molar-refractivity contribution is 5.29. The van der Waals surface area contributed by atoms with Crippen LogP contribution in [-0.4, -0.2) is 21.1 Å². The van der Waals surface area contributed by atoms with E-state index in [1.54, 1.807) is 0 Å². The minimum atomic E-state index is -0.784. The van der Waals surface area contributed by atoms with Crippen LogP contribution in [0.5, 0.6) is 0 Å². The van der Waals surface area contributed by atoms with Crippen LogP contribution in [-0.2, 0) is 12.1 Å². The van der Waals surface area contributed by atoms with Gasteiger partial charge in [-0.15, -0.1) is 0 Å². The quantitative estimate of drug-likeness (QED) is 0.848. The van der Waals surface area contributed by atoms with Crippen molar-refractivity contribution in [2.45, 2.75) is 70.7 Å². The first-order valence-corrected chi connectivity index (χ1v) is 9.24. The summed E-state index contributed by atoms with van der Waals surface area (Å²) < 4.78 is 0. The summed E-state index contributed by atoms with van der Waals surface area (Å²) in [5, 5.41) is 11.6. The van der Waals surface area contributed by atoms with Gasteiger partial charge in [-0.2, -0.15) is 0 Å². The summed E-state index contributed by atoms with van der Waals surface area (Å²) in [5.41, 5.74) is 2.61. The molecule has 2 heteroatoms. The Balaban J connectivity index is 1.92. The predicted octanol–water partition coefficient (Wildman–Crippen LogP) is 5.04. The number of likely N-dealkylation sites (tertiary alicyclic amines) is 1. The molecule has 0 amide bonds. The van der Waals surface area contributed by atoms with Crippen molar-refractivity contribution in [3.8, 4) is 0 Å². The molecule has 2 aromatic rings. The summed E-state index contributed by atoms with van der Waals surface area (Å²) in [6, 6.07) is 19.0. The maximum absolute atomic E-state index is 11.6. The first kappa shape index (κ1) is 18.2. The molecule has 0 radical (unpaired) electrons. The fraction of sp³-hybridized carbons (Fsp3) is 0.478. The monoisotopic (exact) mass is 337 g/mol. The van der Waals surface area contributed by atoms with Gasteiger partial charge in [-0.1, -0.05) is 60.2 Å². The molecule has 0 aromatic heterocycles. The van der Waals surface area contributed by atoms with Crippen LogP contribution in [0.3, 0.4) is 0 Å². The molecule has 2 nitrogen and oxygen atoms in total. The molecule has 25 heavy (non-hydrogen) atoms. The Morgan fingerprint density at radius 2 is 1.36 bits per heavy atom. The molecule has 1 aliphatic rings. The minimum Gasteiger partial charge on any atom is -0.385 e. The number of rotatable bonds is 3. The summed E-state index contributed by atoms with van der Waals surface area (Å²) in [6.07, 6.45) is 1.47. The average molecular weight is 338 g/mol. The van der Waals surface area contributed by atoms with Crippen molar-refractivity contribution in [1.82, 2.24) is 4.90 Å². The molecule has 0 spiro atoms. The van der Waals surface area contributed by atoms with E-state index >= 15 is 0 Å². The lowest BCUT2D eigenvalue weighted by molar-refractivity contribution is -0.143. The van der Waals surface area contributed by atoms with Gasteiger partial charge in [-0.25, -0.2) is 0 Å². The van der Waals surface area contributed by atoms with E-state index in [1.165, 1.54) is 11.1 Å². The SMILES string of the molecule is Cc1ccc(C2(O)CC(C)(C)N(Cc3ccccc3)C(C)(C)C2)cc1. The maximum atomic E-state index is 11.6. The van der Waals surface area contributed by atoms with Crippen molar-refractivity contribution >= 4 is 0 Å². The highest BCUT2D eigenvalue weighted by Gasteiger charge is 2.52. The normalized spacial score (nSPS) is 21.8. The first-order valence-electron chi connectivity index (χ1n) is 9.24. The molecule has 1 aliphatic heterocycles. The van der Waals surface area contributed by atoms with E-state index < -0.39 is 5.60 Å². The van der Waals surface area contributed by atoms with Gasteiger partial charge in [0.05, 0.1) is 5.60 Å². The minimum absolute atomic E-state index is 0.1000. The van der Waals surface area contributed by atoms with Gasteiger partial charge in [0.25, 0.3) is 0 Å². The highest BCUT2D eigenvalue weighted by atomic mass is 16.3. The van der Waals surface area contributed by atoms with Crippen LogP contribution in [0.25, 0.3) is 0 Å². The van der Waals surface area contributed by atoms with Gasteiger partial charge >= 0.3 is 0 Å². The molecule has 3 rings (SSSR count). The van der Waals surface area contributed by atoms with E-state index in [0.29, 0.717) is 0 Å². The molecule has 0 atom stereocenters. The van der Waals surface area contributed by atoms with Crippen molar-refractivity contribution in [1.29, 1.82) is 0 Å². The molecule has 0 unspecified atom stereocenters. The maximum Gasteiger partial charge on any atom is 0.0931 e. The summed E-state index contributed by atoms with van der Waals surface area (Å²) in [5.74, 6) is 0. The number of benzene rings is 2. The molecular weight excluding hydrogens is 306 g/mol. The summed E-state index contributed by atoms with van der Waals surface area (Å²) >= 11 is 0. The van der Waals surface area contributed by atoms with Crippen LogP contribution in [0.15, 0.2) is 54.6 Å². The third-order valence-electron chi connectivity index (χ3n) is 5.68. The summed E-state index contributed by atoms with van der Waals surface area (Å²) in [4.78, 5) is 2.55. The average Bonchev–Trinajstić information content (AvgIpc) is 2.51. The fourth-order valence-corrected chi connectivity index (χ4v) is 4.77. The Hall–Kier alpha value is -1.64. The topological polar surface area (TPSA) is 23.5 Å². The zero-order valence-corrected chi connectivity index (χ0v) is 16.2. The van der Waals surface area contributed by atoms with Crippen LogP contribution < -0.4 is 0 Å². The largest absolute Gasteiger partial charge is 0.385 e. The van der Waals surface area contributed by atoms with Crippen LogP contribution >= 0.6 is 0 Å². The Morgan fingerprint density at radius 1 is 0.840 bits per heavy atom. The second-order valence-corrected chi connectivity index (χ2v) is 8.95. The predicted molar refractivity (Wildman–Crippen MR) is 104 cm³/mol. The number of nitrogens with zero attached hydrogens (tertiary/aromatic N) is 1. The third kappa shape index (κ3) is 3.65. The molecule has 0 aliphatic carbocycles. The van der Waals surface area contributed by atoms with Gasteiger partial charge in [-0.05, 0) is 58.6 Å². The molecule has 0 bridgehead atoms. The Kier molecular flexibility index (Phi) is 4.55. The first-order chi connectivity index (χ1) is 11.6. The van der Waals surface area contributed by atoms with Gasteiger partial charge in [0.2, 0.25) is 0 Å². The van der Waals surface area contributed by atoms with E-state index in [9.17, 15) is 5.11 Å². The second kappa shape index (κ2) is 6.26. The van der Waals surface area contributed by atoms with E-state index in [4.69, 9.17) is 0 Å². The molecule has 0 saturated carbocycles. The number of aryl methyl sites for hydroxylation is 1. The fourth-order valence-electron chi connectivity index (χ4n) is 4.77. The van der Waals surface area contributed by atoms with Crippen molar-refractivity contribution in [2.75, 3.05) is 0 Å². The smallest absolute Gasteiger partial charge is 0.0931 e. The van der Waals surface area contributed by atoms with E-state index in [1.807, 2.05) is 0 Å². The highest BCUT2D eigenvalue weighted by Crippen LogP contribution is 2.48. The summed E-state index contributed by atoms with van der Waals surface area (Å²) in [6.45, 7) is 12.0. The van der Waals surface area contributed by atoms with Gasteiger partial charge in [0, 0.05) is 17.6 Å². The molecule has 1 heterocycles. The van der Waals surface area contributed by atoms with Crippen LogP contribution in [0.4, 0.5) is 0 Å². The molecule has 2 aromatic carbocycles. The lowest BCUT2D eigenvalue weighted by Gasteiger charge is -2.58.